The van der Waals surface area contributed by atoms with Gasteiger partial charge >= 0.3 is 29.8 Å². The predicted molar refractivity (Wildman–Crippen MR) is 64.0 cm³/mol. The lowest BCUT2D eigenvalue weighted by atomic mass is 10.3. The summed E-state index contributed by atoms with van der Waals surface area (Å²) in [6.07, 6.45) is -1.18. The zero-order valence-corrected chi connectivity index (χ0v) is 12.1. The summed E-state index contributed by atoms with van der Waals surface area (Å²) in [7, 11) is 4.05. The summed E-state index contributed by atoms with van der Waals surface area (Å²) in [5.41, 5.74) is -1.32. The summed E-state index contributed by atoms with van der Waals surface area (Å²) in [6.45, 7) is 0. The van der Waals surface area contributed by atoms with Crippen molar-refractivity contribution in [2.24, 2.45) is 0 Å². The molecule has 11 nitrogen and oxygen atoms in total. The van der Waals surface area contributed by atoms with Gasteiger partial charge in [-0.3, -0.25) is 0 Å². The molecule has 0 unspecified atom stereocenters. The highest BCUT2D eigenvalue weighted by molar-refractivity contribution is 6.00. The van der Waals surface area contributed by atoms with Gasteiger partial charge in [-0.15, -0.1) is 4.57 Å². The Bertz CT molecular complexity index is 587. The number of carbonyl (C=O) groups is 4. The molecule has 0 aliphatic heterocycles. The maximum atomic E-state index is 11.9. The Labute approximate surface area is 123 Å². The van der Waals surface area contributed by atoms with Crippen LogP contribution in [0.15, 0.2) is 0 Å². The molecule has 1 aromatic heterocycles. The Kier molecular flexibility index (Phi) is 5.44. The average Bonchev–Trinajstić information content (AvgIpc) is 2.57. The first kappa shape index (κ1) is 16.9. The van der Waals surface area contributed by atoms with E-state index in [1.807, 2.05) is 0 Å². The van der Waals surface area contributed by atoms with Crippen LogP contribution in [-0.2, 0) is 18.9 Å². The molecule has 1 aromatic rings. The molecule has 22 heavy (non-hydrogen) atoms. The topological polar surface area (TPSA) is 135 Å². The molecule has 0 saturated heterocycles. The number of nitrogens with zero attached hydrogens (tertiary/aromatic N) is 3. The highest BCUT2D eigenvalue weighted by Gasteiger charge is 2.41. The van der Waals surface area contributed by atoms with Gasteiger partial charge in [-0.1, -0.05) is 0 Å². The van der Waals surface area contributed by atoms with Crippen molar-refractivity contribution in [1.29, 1.82) is 0 Å². The fourth-order valence-electron chi connectivity index (χ4n) is 1.41. The van der Waals surface area contributed by atoms with E-state index >= 15 is 0 Å². The minimum atomic E-state index is -1.18. The third kappa shape index (κ3) is 2.97. The molecule has 0 aliphatic carbocycles. The van der Waals surface area contributed by atoms with E-state index in [9.17, 15) is 19.2 Å². The van der Waals surface area contributed by atoms with Gasteiger partial charge in [-0.25, -0.2) is 14.4 Å². The molecule has 1 heterocycles. The molecule has 0 N–H and O–H groups in total. The van der Waals surface area contributed by atoms with Crippen LogP contribution in [0.4, 0.5) is 4.79 Å². The van der Waals surface area contributed by atoms with E-state index in [1.165, 1.54) is 0 Å². The molecule has 118 valence electrons. The number of ether oxygens (including phenoxy) is 4. The number of methoxy groups -OCH3 is 4. The Morgan fingerprint density at radius 3 is 1.77 bits per heavy atom. The summed E-state index contributed by atoms with van der Waals surface area (Å²) in [6, 6.07) is 0. The third-order valence-electron chi connectivity index (χ3n) is 2.39. The lowest BCUT2D eigenvalue weighted by molar-refractivity contribution is -0.595. The van der Waals surface area contributed by atoms with Crippen molar-refractivity contribution in [1.82, 2.24) is 10.2 Å². The predicted octanol–water partition coefficient (Wildman–Crippen LogP) is -1.26. The number of hydrogen-bond donors (Lipinski definition) is 0. The van der Waals surface area contributed by atoms with Crippen LogP contribution in [0, 0.1) is 0 Å². The van der Waals surface area contributed by atoms with Crippen LogP contribution < -0.4 is 4.57 Å². The highest BCUT2D eigenvalue weighted by Crippen LogP contribution is 2.06. The zero-order chi connectivity index (χ0) is 16.9. The fraction of sp³-hybridized carbons (Fsp3) is 0.364. The van der Waals surface area contributed by atoms with Crippen LogP contribution in [0.3, 0.4) is 0 Å². The van der Waals surface area contributed by atoms with E-state index in [0.29, 0.717) is 4.57 Å². The van der Waals surface area contributed by atoms with E-state index in [0.717, 1.165) is 28.4 Å². The van der Waals surface area contributed by atoms with Crippen LogP contribution in [0.2, 0.25) is 0 Å². The van der Waals surface area contributed by atoms with Crippen molar-refractivity contribution in [2.45, 2.75) is 0 Å². The molecule has 1 rings (SSSR count). The first-order valence-corrected chi connectivity index (χ1v) is 5.58. The summed E-state index contributed by atoms with van der Waals surface area (Å²) in [5.74, 6) is -3.96. The zero-order valence-electron chi connectivity index (χ0n) is 12.1. The standard InChI is InChI=1S/C11H12N3O8/c1-19-8(15)5-6(9(16)20-2)14(11(18)22-4)7(13-12-5)10(17)21-3/h1-4H3/q+1. The number of rotatable bonds is 3. The Morgan fingerprint density at radius 1 is 0.773 bits per heavy atom. The second kappa shape index (κ2) is 7.06. The van der Waals surface area contributed by atoms with Gasteiger partial charge in [0, 0.05) is 0 Å². The van der Waals surface area contributed by atoms with Gasteiger partial charge in [0.1, 0.15) is 0 Å². The first-order chi connectivity index (χ1) is 10.4. The number of carbonyl (C=O) groups excluding carboxylic acids is 4. The Balaban J connectivity index is 3.81. The van der Waals surface area contributed by atoms with Gasteiger partial charge < -0.3 is 18.9 Å². The second-order valence-corrected chi connectivity index (χ2v) is 3.50. The van der Waals surface area contributed by atoms with Crippen molar-refractivity contribution < 1.29 is 42.7 Å². The smallest absolute Gasteiger partial charge is 0.464 e. The molecular formula is C11H12N3O8+. The molecule has 0 saturated carbocycles. The highest BCUT2D eigenvalue weighted by atomic mass is 16.6. The van der Waals surface area contributed by atoms with Gasteiger partial charge in [0.05, 0.1) is 33.5 Å². The maximum absolute atomic E-state index is 11.9. The van der Waals surface area contributed by atoms with Crippen LogP contribution in [-0.4, -0.2) is 62.6 Å². The molecule has 0 radical (unpaired) electrons. The normalized spacial score (nSPS) is 9.64. The molecule has 0 aliphatic rings. The van der Waals surface area contributed by atoms with Crippen LogP contribution in [0.5, 0.6) is 0 Å². The Morgan fingerprint density at radius 2 is 1.32 bits per heavy atom. The third-order valence-corrected chi connectivity index (χ3v) is 2.39. The molecule has 0 aromatic carbocycles. The van der Waals surface area contributed by atoms with Gasteiger partial charge in [0.2, 0.25) is 0 Å². The second-order valence-electron chi connectivity index (χ2n) is 3.50. The van der Waals surface area contributed by atoms with E-state index in [2.05, 4.69) is 29.1 Å². The van der Waals surface area contributed by atoms with E-state index < -0.39 is 41.2 Å². The molecular weight excluding hydrogens is 302 g/mol. The van der Waals surface area contributed by atoms with Crippen LogP contribution in [0.25, 0.3) is 0 Å². The summed E-state index contributed by atoms with van der Waals surface area (Å²) < 4.78 is 18.2. The van der Waals surface area contributed by atoms with Gasteiger partial charge in [0.15, 0.2) is 0 Å². The maximum Gasteiger partial charge on any atom is 0.512 e. The summed E-state index contributed by atoms with van der Waals surface area (Å²) in [5, 5.41) is 6.80. The monoisotopic (exact) mass is 314 g/mol. The summed E-state index contributed by atoms with van der Waals surface area (Å²) in [4.78, 5) is 47.0. The number of aromatic nitrogens is 3. The van der Waals surface area contributed by atoms with E-state index in [1.54, 1.807) is 0 Å². The molecule has 0 atom stereocenters. The molecule has 0 amide bonds. The number of esters is 3. The van der Waals surface area contributed by atoms with E-state index in [4.69, 9.17) is 0 Å². The van der Waals surface area contributed by atoms with Crippen LogP contribution in [0.1, 0.15) is 31.6 Å². The number of hydrogen-bond acceptors (Lipinski definition) is 10. The quantitative estimate of drug-likeness (QED) is 0.377. The SMILES string of the molecule is COC(=O)c1nnc(C(=O)OC)[n+](C(=O)OC)c1C(=O)OC. The lowest BCUT2D eigenvalue weighted by Crippen LogP contribution is -2.55. The molecule has 11 heteroatoms. The van der Waals surface area contributed by atoms with Crippen molar-refractivity contribution in [3.8, 4) is 0 Å². The Hall–Kier alpha value is -3.11. The lowest BCUT2D eigenvalue weighted by Gasteiger charge is -2.06. The largest absolute Gasteiger partial charge is 0.512 e. The van der Waals surface area contributed by atoms with Crippen LogP contribution >= 0.6 is 0 Å². The minimum Gasteiger partial charge on any atom is -0.464 e. The van der Waals surface area contributed by atoms with Crippen molar-refractivity contribution in [3.05, 3.63) is 17.2 Å². The first-order valence-electron chi connectivity index (χ1n) is 5.58. The van der Waals surface area contributed by atoms with Crippen molar-refractivity contribution >= 4 is 24.0 Å². The molecule has 0 spiro atoms. The van der Waals surface area contributed by atoms with Crippen molar-refractivity contribution in [2.75, 3.05) is 28.4 Å². The fourth-order valence-corrected chi connectivity index (χ4v) is 1.41. The molecule has 0 fully saturated rings. The minimum absolute atomic E-state index is 0.414. The molecule has 0 bridgehead atoms. The van der Waals surface area contributed by atoms with Gasteiger partial charge in [0.25, 0.3) is 11.4 Å². The van der Waals surface area contributed by atoms with E-state index in [-0.39, 0.29) is 0 Å². The summed E-state index contributed by atoms with van der Waals surface area (Å²) >= 11 is 0. The van der Waals surface area contributed by atoms with Crippen molar-refractivity contribution in [3.63, 3.8) is 0 Å². The van der Waals surface area contributed by atoms with Gasteiger partial charge in [-0.05, 0) is 5.10 Å². The van der Waals surface area contributed by atoms with Gasteiger partial charge in [-0.2, -0.15) is 4.79 Å². The average molecular weight is 314 g/mol.